The van der Waals surface area contributed by atoms with Gasteiger partial charge in [0, 0.05) is 12.1 Å². The standard InChI is InChI=1S/C18H19Cl2N5O/c1-10-15(20)17(24(4)22-10)18(26)21-16-11(2)23-25(12(16)3)9-13-5-7-14(19)8-6-13/h5-8H,9H2,1-4H3,(H,21,26). The van der Waals surface area contributed by atoms with Gasteiger partial charge in [-0.25, -0.2) is 0 Å². The molecule has 0 radical (unpaired) electrons. The highest BCUT2D eigenvalue weighted by molar-refractivity contribution is 6.34. The van der Waals surface area contributed by atoms with Crippen molar-refractivity contribution in [3.63, 3.8) is 0 Å². The first-order valence-electron chi connectivity index (χ1n) is 8.06. The van der Waals surface area contributed by atoms with Gasteiger partial charge in [-0.1, -0.05) is 35.3 Å². The van der Waals surface area contributed by atoms with Gasteiger partial charge in [0.15, 0.2) is 0 Å². The molecule has 0 fully saturated rings. The lowest BCUT2D eigenvalue weighted by atomic mass is 10.2. The molecule has 3 rings (SSSR count). The number of benzene rings is 1. The summed E-state index contributed by atoms with van der Waals surface area (Å²) in [4.78, 5) is 12.7. The zero-order chi connectivity index (χ0) is 19.0. The third-order valence-corrected chi connectivity index (χ3v) is 4.93. The molecule has 1 aromatic carbocycles. The van der Waals surface area contributed by atoms with E-state index >= 15 is 0 Å². The third kappa shape index (κ3) is 3.48. The van der Waals surface area contributed by atoms with E-state index in [1.165, 1.54) is 4.68 Å². The largest absolute Gasteiger partial charge is 0.317 e. The number of carbonyl (C=O) groups is 1. The summed E-state index contributed by atoms with van der Waals surface area (Å²) in [6.07, 6.45) is 0. The molecule has 0 unspecified atom stereocenters. The van der Waals surface area contributed by atoms with Crippen molar-refractivity contribution >= 4 is 34.8 Å². The van der Waals surface area contributed by atoms with Crippen LogP contribution in [0.15, 0.2) is 24.3 Å². The van der Waals surface area contributed by atoms with Crippen molar-refractivity contribution in [3.8, 4) is 0 Å². The number of nitrogens with one attached hydrogen (secondary N) is 1. The Labute approximate surface area is 161 Å². The second-order valence-electron chi connectivity index (χ2n) is 6.16. The topological polar surface area (TPSA) is 64.7 Å². The van der Waals surface area contributed by atoms with Crippen molar-refractivity contribution in [2.45, 2.75) is 27.3 Å². The Morgan fingerprint density at radius 3 is 2.31 bits per heavy atom. The summed E-state index contributed by atoms with van der Waals surface area (Å²) in [5, 5.41) is 12.7. The van der Waals surface area contributed by atoms with Crippen molar-refractivity contribution in [3.05, 3.63) is 62.6 Å². The summed E-state index contributed by atoms with van der Waals surface area (Å²) in [5.74, 6) is -0.310. The van der Waals surface area contributed by atoms with E-state index in [1.54, 1.807) is 14.0 Å². The number of aryl methyl sites for hydroxylation is 3. The number of anilines is 1. The Morgan fingerprint density at radius 1 is 1.08 bits per heavy atom. The molecule has 1 N–H and O–H groups in total. The molecule has 0 saturated heterocycles. The molecule has 2 heterocycles. The van der Waals surface area contributed by atoms with Crippen LogP contribution in [0, 0.1) is 20.8 Å². The van der Waals surface area contributed by atoms with Crippen LogP contribution in [-0.2, 0) is 13.6 Å². The summed E-state index contributed by atoms with van der Waals surface area (Å²) < 4.78 is 3.33. The zero-order valence-electron chi connectivity index (χ0n) is 15.0. The van der Waals surface area contributed by atoms with E-state index in [2.05, 4.69) is 15.5 Å². The molecule has 0 saturated carbocycles. The lowest BCUT2D eigenvalue weighted by Crippen LogP contribution is -2.17. The van der Waals surface area contributed by atoms with Crippen LogP contribution < -0.4 is 5.32 Å². The van der Waals surface area contributed by atoms with Crippen LogP contribution in [0.4, 0.5) is 5.69 Å². The molecule has 0 aliphatic rings. The van der Waals surface area contributed by atoms with Gasteiger partial charge in [0.2, 0.25) is 0 Å². The number of nitrogens with zero attached hydrogens (tertiary/aromatic N) is 4. The van der Waals surface area contributed by atoms with E-state index in [4.69, 9.17) is 23.2 Å². The van der Waals surface area contributed by atoms with Gasteiger partial charge in [0.05, 0.1) is 34.3 Å². The summed E-state index contributed by atoms with van der Waals surface area (Å²) in [6.45, 7) is 6.13. The van der Waals surface area contributed by atoms with E-state index in [0.717, 1.165) is 17.0 Å². The number of hydrogen-bond donors (Lipinski definition) is 1. The molecule has 3 aromatic rings. The average molecular weight is 392 g/mol. The summed E-state index contributed by atoms with van der Waals surface area (Å²) in [6, 6.07) is 7.60. The first-order chi connectivity index (χ1) is 12.3. The Hall–Kier alpha value is -2.31. The first-order valence-corrected chi connectivity index (χ1v) is 8.82. The predicted octanol–water partition coefficient (Wildman–Crippen LogP) is 4.15. The summed E-state index contributed by atoms with van der Waals surface area (Å²) >= 11 is 12.1. The molecule has 136 valence electrons. The van der Waals surface area contributed by atoms with Crippen molar-refractivity contribution in [1.82, 2.24) is 19.6 Å². The van der Waals surface area contributed by atoms with Gasteiger partial charge in [-0.05, 0) is 38.5 Å². The minimum Gasteiger partial charge on any atom is -0.317 e. The predicted molar refractivity (Wildman–Crippen MR) is 103 cm³/mol. The Balaban J connectivity index is 1.86. The summed E-state index contributed by atoms with van der Waals surface area (Å²) in [7, 11) is 1.69. The molecular weight excluding hydrogens is 373 g/mol. The van der Waals surface area contributed by atoms with Gasteiger partial charge in [0.25, 0.3) is 5.91 Å². The van der Waals surface area contributed by atoms with Gasteiger partial charge in [-0.15, -0.1) is 0 Å². The van der Waals surface area contributed by atoms with Crippen LogP contribution in [0.25, 0.3) is 0 Å². The first kappa shape index (κ1) is 18.5. The highest BCUT2D eigenvalue weighted by Crippen LogP contribution is 2.24. The van der Waals surface area contributed by atoms with E-state index in [1.807, 2.05) is 42.8 Å². The SMILES string of the molecule is Cc1nn(C)c(C(=O)Nc2c(C)nn(Cc3ccc(Cl)cc3)c2C)c1Cl. The van der Waals surface area contributed by atoms with E-state index in [-0.39, 0.29) is 5.91 Å². The fraction of sp³-hybridized carbons (Fsp3) is 0.278. The quantitative estimate of drug-likeness (QED) is 0.726. The second-order valence-corrected chi connectivity index (χ2v) is 6.97. The maximum Gasteiger partial charge on any atom is 0.275 e. The van der Waals surface area contributed by atoms with Crippen molar-refractivity contribution in [1.29, 1.82) is 0 Å². The molecule has 0 aliphatic carbocycles. The van der Waals surface area contributed by atoms with Gasteiger partial charge in [-0.3, -0.25) is 14.2 Å². The van der Waals surface area contributed by atoms with Crippen LogP contribution in [0.2, 0.25) is 10.0 Å². The molecule has 2 aromatic heterocycles. The van der Waals surface area contributed by atoms with Crippen molar-refractivity contribution in [2.75, 3.05) is 5.32 Å². The average Bonchev–Trinajstić information content (AvgIpc) is 2.99. The lowest BCUT2D eigenvalue weighted by molar-refractivity contribution is 0.101. The van der Waals surface area contributed by atoms with Crippen LogP contribution in [0.5, 0.6) is 0 Å². The lowest BCUT2D eigenvalue weighted by Gasteiger charge is -2.08. The van der Waals surface area contributed by atoms with E-state index < -0.39 is 0 Å². The molecule has 0 spiro atoms. The van der Waals surface area contributed by atoms with Crippen LogP contribution in [0.3, 0.4) is 0 Å². The number of carbonyl (C=O) groups excluding carboxylic acids is 1. The zero-order valence-corrected chi connectivity index (χ0v) is 16.5. The van der Waals surface area contributed by atoms with Crippen LogP contribution >= 0.6 is 23.2 Å². The van der Waals surface area contributed by atoms with E-state index in [9.17, 15) is 4.79 Å². The molecule has 0 aliphatic heterocycles. The summed E-state index contributed by atoms with van der Waals surface area (Å²) in [5.41, 5.74) is 4.29. The van der Waals surface area contributed by atoms with Crippen molar-refractivity contribution < 1.29 is 4.79 Å². The van der Waals surface area contributed by atoms with Gasteiger partial charge in [-0.2, -0.15) is 10.2 Å². The molecule has 26 heavy (non-hydrogen) atoms. The monoisotopic (exact) mass is 391 g/mol. The van der Waals surface area contributed by atoms with Gasteiger partial charge < -0.3 is 5.32 Å². The molecule has 0 atom stereocenters. The van der Waals surface area contributed by atoms with Gasteiger partial charge in [0.1, 0.15) is 5.69 Å². The minimum atomic E-state index is -0.310. The number of aromatic nitrogens is 4. The fourth-order valence-electron chi connectivity index (χ4n) is 2.85. The highest BCUT2D eigenvalue weighted by Gasteiger charge is 2.21. The molecule has 0 bridgehead atoms. The third-order valence-electron chi connectivity index (χ3n) is 4.23. The van der Waals surface area contributed by atoms with Gasteiger partial charge >= 0.3 is 0 Å². The van der Waals surface area contributed by atoms with Crippen LogP contribution in [0.1, 0.15) is 33.1 Å². The molecular formula is C18H19Cl2N5O. The minimum absolute atomic E-state index is 0.310. The smallest absolute Gasteiger partial charge is 0.275 e. The maximum atomic E-state index is 12.7. The molecule has 1 amide bonds. The fourth-order valence-corrected chi connectivity index (χ4v) is 3.22. The Morgan fingerprint density at radius 2 is 1.73 bits per heavy atom. The van der Waals surface area contributed by atoms with Crippen molar-refractivity contribution in [2.24, 2.45) is 7.05 Å². The Bertz CT molecular complexity index is 973. The van der Waals surface area contributed by atoms with E-state index in [0.29, 0.717) is 33.7 Å². The Kier molecular flexibility index (Phi) is 5.07. The molecule has 8 heteroatoms. The molecule has 6 nitrogen and oxygen atoms in total. The maximum absolute atomic E-state index is 12.7. The van der Waals surface area contributed by atoms with Crippen LogP contribution in [-0.4, -0.2) is 25.5 Å². The number of hydrogen-bond acceptors (Lipinski definition) is 3. The number of rotatable bonds is 4. The highest BCUT2D eigenvalue weighted by atomic mass is 35.5. The number of halogens is 2. The number of amides is 1. The normalized spacial score (nSPS) is 11.0. The second kappa shape index (κ2) is 7.13.